The number of amides is 5. The zero-order valence-corrected chi connectivity index (χ0v) is 54.1. The Kier molecular flexibility index (Phi) is 29.7. The molecule has 3 aromatic rings. The molecule has 8 heterocycles. The largest absolute Gasteiger partial charge is 0.471 e. The van der Waals surface area contributed by atoms with Gasteiger partial charge < -0.3 is 75.8 Å². The van der Waals surface area contributed by atoms with Gasteiger partial charge in [0.05, 0.1) is 43.4 Å². The van der Waals surface area contributed by atoms with Crippen molar-refractivity contribution < 1.29 is 95.3 Å². The van der Waals surface area contributed by atoms with Gasteiger partial charge in [-0.1, -0.05) is 0 Å². The van der Waals surface area contributed by atoms with Gasteiger partial charge in [0.15, 0.2) is 11.5 Å². The highest BCUT2D eigenvalue weighted by atomic mass is 35.5. The number of carbonyl (C=O) groups excluding carboxylic acids is 5. The maximum atomic E-state index is 14.2. The summed E-state index contributed by atoms with van der Waals surface area (Å²) >= 11 is 0. The van der Waals surface area contributed by atoms with E-state index in [1.807, 2.05) is 26.1 Å². The standard InChI is InChI=1S/C19H19F4N7O.C11H17F3N2O3.C11H19F3N2O2.C9H18N2O2.C6H11F3N2.ClH/c1-11-7-30-9-13(4-14(20)17(30)27-11)28-18(31)15-5-25-16(6-24-15)29-3-2-12(8-29)26-10-19(21,22)23;1-10(2,3)19-9(18)16-5-4-7(6-16)15-8(17)11(12,13)14;1-10(2,3)18-9(17)16-5-4-8(6-16)15-7-11(12,13)14;1-9(2,3)13-8(12)11-5-4-7(10)6-11;7-6(8,9)4-11-5-1-2-10-3-5;/h4-7,9,12,26H,2-3,8,10H2,1H3,(H,28,31);7H,4-6H2,1-3H3,(H,15,17);8,15H,4-7H2,1-3H3;7H,4-6,10H2,1-3H3;5,10-11H,1-4H2;1H/t12-;7-;8-;7-;5-;/m11111./s1. The summed E-state index contributed by atoms with van der Waals surface area (Å²) in [4.78, 5) is 76.5. The van der Waals surface area contributed by atoms with Crippen LogP contribution in [0.15, 0.2) is 30.9 Å². The van der Waals surface area contributed by atoms with Crippen molar-refractivity contribution in [1.29, 1.82) is 0 Å². The maximum Gasteiger partial charge on any atom is 0.471 e. The summed E-state index contributed by atoms with van der Waals surface area (Å²) in [7, 11) is 0. The third kappa shape index (κ3) is 31.5. The van der Waals surface area contributed by atoms with Gasteiger partial charge in [-0.05, 0) is 108 Å². The lowest BCUT2D eigenvalue weighted by atomic mass is 10.2. The smallest absolute Gasteiger partial charge is 0.444 e. The summed E-state index contributed by atoms with van der Waals surface area (Å²) in [6, 6.07) is -0.0345. The number of nitrogens with zero attached hydrogens (tertiary/aromatic N) is 8. The predicted molar refractivity (Wildman–Crippen MR) is 318 cm³/mol. The van der Waals surface area contributed by atoms with Gasteiger partial charge in [0.1, 0.15) is 28.3 Å². The summed E-state index contributed by atoms with van der Waals surface area (Å²) < 4.78 is 175. The summed E-state index contributed by atoms with van der Waals surface area (Å²) in [5.74, 6) is -2.66. The second kappa shape index (κ2) is 34.3. The van der Waals surface area contributed by atoms with E-state index in [1.165, 1.54) is 38.9 Å². The number of alkyl halides is 12. The Labute approximate surface area is 536 Å². The van der Waals surface area contributed by atoms with Crippen molar-refractivity contribution in [3.8, 4) is 0 Å². The fraction of sp³-hybridized carbons (Fsp3) is 0.714. The van der Waals surface area contributed by atoms with Crippen LogP contribution in [0, 0.1) is 12.7 Å². The number of hydrogen-bond acceptors (Lipinski definition) is 17. The maximum absolute atomic E-state index is 14.2. The van der Waals surface area contributed by atoms with Gasteiger partial charge in [-0.3, -0.25) is 9.59 Å². The molecule has 5 amide bonds. The Morgan fingerprint density at radius 2 is 1.06 bits per heavy atom. The zero-order chi connectivity index (χ0) is 69.4. The molecule has 5 aliphatic heterocycles. The molecular formula is C56H85ClF13N15O8. The average molecular weight is 1380 g/mol. The van der Waals surface area contributed by atoms with Crippen molar-refractivity contribution in [2.45, 2.75) is 173 Å². The van der Waals surface area contributed by atoms with Gasteiger partial charge in [0.25, 0.3) is 5.91 Å². The van der Waals surface area contributed by atoms with E-state index in [-0.39, 0.29) is 85.8 Å². The Morgan fingerprint density at radius 1 is 0.602 bits per heavy atom. The van der Waals surface area contributed by atoms with Crippen LogP contribution in [0.5, 0.6) is 0 Å². The number of halogens is 14. The van der Waals surface area contributed by atoms with Crippen LogP contribution in [0.2, 0.25) is 0 Å². The molecule has 0 aliphatic carbocycles. The SMILES string of the molecule is CC(C)(C)OC(=O)N1CC[C@@H](N)C1.CC(C)(C)OC(=O)N1CC[C@@H](NC(=O)C(F)(F)F)C1.CC(C)(C)OC(=O)N1CC[C@@H](NCC(F)(F)F)C1.Cc1cn2cc(NC(=O)c3cnc(N4CC[C@@H](NCC(F)(F)F)C4)cn3)cc(F)c2n1.Cl.FC(F)(F)CN[C@@H]1CCNC1. The van der Waals surface area contributed by atoms with Crippen LogP contribution in [-0.4, -0.2) is 221 Å². The molecule has 93 heavy (non-hydrogen) atoms. The van der Waals surface area contributed by atoms with Gasteiger partial charge in [-0.15, -0.1) is 12.4 Å². The van der Waals surface area contributed by atoms with Gasteiger partial charge in [0, 0.05) is 108 Å². The van der Waals surface area contributed by atoms with Crippen LogP contribution < -0.4 is 42.5 Å². The molecule has 8 N–H and O–H groups in total. The summed E-state index contributed by atoms with van der Waals surface area (Å²) in [5, 5.41) is 14.7. The second-order valence-electron chi connectivity index (χ2n) is 25.3. The van der Waals surface area contributed by atoms with Crippen LogP contribution in [0.1, 0.15) is 111 Å². The molecule has 37 heteroatoms. The monoisotopic (exact) mass is 1380 g/mol. The second-order valence-corrected chi connectivity index (χ2v) is 25.3. The minimum absolute atomic E-state index is 0. The first kappa shape index (κ1) is 80.7. The number of fused-ring (bicyclic) bond motifs is 1. The number of nitrogens with one attached hydrogen (secondary N) is 6. The van der Waals surface area contributed by atoms with Gasteiger partial charge in [0.2, 0.25) is 0 Å². The molecule has 0 aromatic carbocycles. The molecular weight excluding hydrogens is 1290 g/mol. The number of hydrogen-bond donors (Lipinski definition) is 7. The lowest BCUT2D eigenvalue weighted by molar-refractivity contribution is -0.174. The van der Waals surface area contributed by atoms with E-state index < -0.39 is 97.0 Å². The number of carbonyl (C=O) groups is 5. The van der Waals surface area contributed by atoms with E-state index in [0.717, 1.165) is 25.9 Å². The molecule has 0 radical (unpaired) electrons. The third-order valence-electron chi connectivity index (χ3n) is 13.3. The molecule has 530 valence electrons. The number of likely N-dealkylation sites (tertiary alicyclic amines) is 3. The quantitative estimate of drug-likeness (QED) is 0.0744. The molecule has 8 rings (SSSR count). The molecule has 5 atom stereocenters. The highest BCUT2D eigenvalue weighted by molar-refractivity contribution is 6.02. The molecule has 5 aliphatic rings. The Morgan fingerprint density at radius 3 is 1.51 bits per heavy atom. The average Bonchev–Trinajstić information content (AvgIpc) is 1.74. The van der Waals surface area contributed by atoms with Crippen LogP contribution in [-0.2, 0) is 19.0 Å². The van der Waals surface area contributed by atoms with Crippen LogP contribution in [0.4, 0.5) is 83.0 Å². The number of aromatic nitrogens is 4. The number of aryl methyl sites for hydroxylation is 1. The van der Waals surface area contributed by atoms with E-state index in [1.54, 1.807) is 64.5 Å². The van der Waals surface area contributed by atoms with Gasteiger partial charge >= 0.3 is 48.9 Å². The van der Waals surface area contributed by atoms with Crippen molar-refractivity contribution in [2.75, 3.05) is 95.3 Å². The zero-order valence-electron chi connectivity index (χ0n) is 53.2. The fourth-order valence-electron chi connectivity index (χ4n) is 9.13. The lowest BCUT2D eigenvalue weighted by Gasteiger charge is -2.24. The number of pyridine rings is 1. The third-order valence-corrected chi connectivity index (χ3v) is 13.3. The summed E-state index contributed by atoms with van der Waals surface area (Å²) in [6.45, 7) is 19.4. The molecule has 0 saturated carbocycles. The van der Waals surface area contributed by atoms with Crippen LogP contribution >= 0.6 is 12.4 Å². The Balaban J connectivity index is 0.000000319. The van der Waals surface area contributed by atoms with Crippen molar-refractivity contribution in [1.82, 2.24) is 60.6 Å². The fourth-order valence-corrected chi connectivity index (χ4v) is 9.13. The van der Waals surface area contributed by atoms with Crippen molar-refractivity contribution in [3.05, 3.63) is 48.1 Å². The first-order valence-electron chi connectivity index (χ1n) is 29.4. The highest BCUT2D eigenvalue weighted by Gasteiger charge is 2.42. The van der Waals surface area contributed by atoms with Crippen molar-refractivity contribution in [3.63, 3.8) is 0 Å². The van der Waals surface area contributed by atoms with E-state index >= 15 is 0 Å². The number of anilines is 2. The topological polar surface area (TPSA) is 267 Å². The van der Waals surface area contributed by atoms with E-state index in [4.69, 9.17) is 19.9 Å². The molecule has 0 unspecified atom stereocenters. The van der Waals surface area contributed by atoms with Gasteiger partial charge in [-0.25, -0.2) is 33.7 Å². The minimum Gasteiger partial charge on any atom is -0.444 e. The Hall–Kier alpha value is -6.50. The van der Waals surface area contributed by atoms with E-state index in [9.17, 15) is 81.0 Å². The molecule has 5 fully saturated rings. The van der Waals surface area contributed by atoms with Crippen molar-refractivity contribution in [2.24, 2.45) is 5.73 Å². The lowest BCUT2D eigenvalue weighted by Crippen LogP contribution is -2.45. The van der Waals surface area contributed by atoms with Gasteiger partial charge in [-0.2, -0.15) is 52.7 Å². The van der Waals surface area contributed by atoms with E-state index in [2.05, 4.69) is 41.5 Å². The van der Waals surface area contributed by atoms with Crippen LogP contribution in [0.25, 0.3) is 5.65 Å². The minimum atomic E-state index is -4.90. The number of ether oxygens (including phenoxy) is 3. The number of nitrogens with two attached hydrogens (primary N) is 1. The molecule has 3 aromatic heterocycles. The van der Waals surface area contributed by atoms with E-state index in [0.29, 0.717) is 57.1 Å². The van der Waals surface area contributed by atoms with Crippen LogP contribution in [0.3, 0.4) is 0 Å². The molecule has 0 bridgehead atoms. The normalized spacial score (nSPS) is 20.2. The molecule has 5 saturated heterocycles. The molecule has 23 nitrogen and oxygen atoms in total. The molecule has 0 spiro atoms. The first-order chi connectivity index (χ1) is 42.2. The highest BCUT2D eigenvalue weighted by Crippen LogP contribution is 2.24. The predicted octanol–water partition coefficient (Wildman–Crippen LogP) is 8.25. The Bertz CT molecular complexity index is 2860. The first-order valence-corrected chi connectivity index (χ1v) is 29.4. The number of imidazole rings is 1. The summed E-state index contributed by atoms with van der Waals surface area (Å²) in [5.41, 5.74) is 5.07. The van der Waals surface area contributed by atoms with Crippen molar-refractivity contribution >= 4 is 59.7 Å². The number of rotatable bonds is 10. The summed E-state index contributed by atoms with van der Waals surface area (Å²) in [6.07, 6.45) is -9.94.